The molecule has 6 heteroatoms. The largest absolute Gasteiger partial charge is 0.364 e. The molecule has 22 heavy (non-hydrogen) atoms. The maximum absolute atomic E-state index is 11.3. The molecule has 3 N–H and O–H groups in total. The molecule has 0 fully saturated rings. The lowest BCUT2D eigenvalue weighted by molar-refractivity contribution is 0.0996. The summed E-state index contributed by atoms with van der Waals surface area (Å²) in [6, 6.07) is 8.03. The van der Waals surface area contributed by atoms with Crippen LogP contribution in [-0.4, -0.2) is 39.3 Å². The number of aromatic amines is 1. The lowest BCUT2D eigenvalue weighted by Gasteiger charge is -2.21. The highest BCUT2D eigenvalue weighted by atomic mass is 16.1. The number of nitrogens with zero attached hydrogens (tertiary/aromatic N) is 3. The van der Waals surface area contributed by atoms with Crippen LogP contribution in [0.3, 0.4) is 0 Å². The number of primary amides is 1. The van der Waals surface area contributed by atoms with E-state index in [9.17, 15) is 4.79 Å². The lowest BCUT2D eigenvalue weighted by Crippen LogP contribution is -2.24. The molecule has 0 aliphatic rings. The number of hydrogen-bond donors (Lipinski definition) is 2. The molecule has 118 valence electrons. The Morgan fingerprint density at radius 3 is 2.32 bits per heavy atom. The average molecular weight is 301 g/mol. The maximum Gasteiger partial charge on any atom is 0.271 e. The standard InChI is InChI=1S/C16H23N5O/c1-3-9-21(10-4-2)11-12-5-7-13(8-6-12)14-15(16(17)22)19-20-18-14/h5-8H,3-4,9-11H2,1-2H3,(H2,17,22)(H,18,19,20). The molecule has 1 aromatic heterocycles. The first-order valence-corrected chi connectivity index (χ1v) is 7.68. The van der Waals surface area contributed by atoms with Gasteiger partial charge in [-0.15, -0.1) is 0 Å². The molecule has 6 nitrogen and oxygen atoms in total. The van der Waals surface area contributed by atoms with Crippen molar-refractivity contribution < 1.29 is 4.79 Å². The monoisotopic (exact) mass is 301 g/mol. The molecule has 2 aromatic rings. The predicted molar refractivity (Wildman–Crippen MR) is 86.2 cm³/mol. The van der Waals surface area contributed by atoms with Gasteiger partial charge >= 0.3 is 0 Å². The van der Waals surface area contributed by atoms with Crippen molar-refractivity contribution in [2.75, 3.05) is 13.1 Å². The number of hydrogen-bond acceptors (Lipinski definition) is 4. The minimum absolute atomic E-state index is 0.173. The van der Waals surface area contributed by atoms with E-state index in [-0.39, 0.29) is 5.69 Å². The van der Waals surface area contributed by atoms with E-state index in [1.54, 1.807) is 0 Å². The van der Waals surface area contributed by atoms with Gasteiger partial charge in [-0.1, -0.05) is 38.1 Å². The van der Waals surface area contributed by atoms with Crippen LogP contribution in [0.1, 0.15) is 42.7 Å². The third-order valence-corrected chi connectivity index (χ3v) is 3.49. The van der Waals surface area contributed by atoms with Crippen LogP contribution >= 0.6 is 0 Å². The Morgan fingerprint density at radius 1 is 1.14 bits per heavy atom. The Hall–Kier alpha value is -2.21. The Labute approximate surface area is 130 Å². The Kier molecular flexibility index (Phi) is 5.66. The third-order valence-electron chi connectivity index (χ3n) is 3.49. The fourth-order valence-electron chi connectivity index (χ4n) is 2.53. The molecule has 0 atom stereocenters. The summed E-state index contributed by atoms with van der Waals surface area (Å²) in [6.07, 6.45) is 2.30. The van der Waals surface area contributed by atoms with E-state index in [4.69, 9.17) is 5.73 Å². The highest BCUT2D eigenvalue weighted by Gasteiger charge is 2.15. The second kappa shape index (κ2) is 7.70. The first-order valence-electron chi connectivity index (χ1n) is 7.68. The highest BCUT2D eigenvalue weighted by molar-refractivity contribution is 5.96. The van der Waals surface area contributed by atoms with Crippen LogP contribution in [-0.2, 0) is 6.54 Å². The number of nitrogens with two attached hydrogens (primary N) is 1. The minimum Gasteiger partial charge on any atom is -0.364 e. The number of carbonyl (C=O) groups excluding carboxylic acids is 1. The molecule has 1 amide bonds. The molecule has 1 heterocycles. The summed E-state index contributed by atoms with van der Waals surface area (Å²) in [6.45, 7) is 7.53. The summed E-state index contributed by atoms with van der Waals surface area (Å²) in [5.74, 6) is -0.579. The van der Waals surface area contributed by atoms with E-state index in [1.165, 1.54) is 5.56 Å². The number of amides is 1. The van der Waals surface area contributed by atoms with Crippen molar-refractivity contribution >= 4 is 5.91 Å². The van der Waals surface area contributed by atoms with Gasteiger partial charge in [-0.3, -0.25) is 9.69 Å². The average Bonchev–Trinajstić information content (AvgIpc) is 2.98. The van der Waals surface area contributed by atoms with Gasteiger partial charge in [0.05, 0.1) is 0 Å². The van der Waals surface area contributed by atoms with E-state index < -0.39 is 5.91 Å². The summed E-state index contributed by atoms with van der Waals surface area (Å²) in [4.78, 5) is 13.7. The van der Waals surface area contributed by atoms with Gasteiger partial charge in [0.15, 0.2) is 5.69 Å². The maximum atomic E-state index is 11.3. The second-order valence-corrected chi connectivity index (χ2v) is 5.36. The van der Waals surface area contributed by atoms with Gasteiger partial charge in [-0.05, 0) is 31.5 Å². The highest BCUT2D eigenvalue weighted by Crippen LogP contribution is 2.20. The summed E-state index contributed by atoms with van der Waals surface area (Å²) in [5, 5.41) is 10.3. The van der Waals surface area contributed by atoms with Gasteiger partial charge in [-0.2, -0.15) is 15.4 Å². The van der Waals surface area contributed by atoms with Crippen LogP contribution in [0.5, 0.6) is 0 Å². The Bertz CT molecular complexity index is 599. The van der Waals surface area contributed by atoms with E-state index in [0.29, 0.717) is 5.69 Å². The summed E-state index contributed by atoms with van der Waals surface area (Å²) >= 11 is 0. The van der Waals surface area contributed by atoms with Crippen LogP contribution in [0.2, 0.25) is 0 Å². The summed E-state index contributed by atoms with van der Waals surface area (Å²) < 4.78 is 0. The van der Waals surface area contributed by atoms with Gasteiger partial charge in [0.2, 0.25) is 0 Å². The first-order chi connectivity index (χ1) is 10.7. The number of carbonyl (C=O) groups is 1. The van der Waals surface area contributed by atoms with Crippen LogP contribution in [0.15, 0.2) is 24.3 Å². The topological polar surface area (TPSA) is 87.9 Å². The molecule has 1 aromatic carbocycles. The van der Waals surface area contributed by atoms with E-state index in [1.807, 2.05) is 12.1 Å². The smallest absolute Gasteiger partial charge is 0.271 e. The van der Waals surface area contributed by atoms with E-state index in [2.05, 4.69) is 46.3 Å². The van der Waals surface area contributed by atoms with Gasteiger partial charge in [0.1, 0.15) is 5.69 Å². The van der Waals surface area contributed by atoms with Gasteiger partial charge in [0.25, 0.3) is 5.91 Å². The van der Waals surface area contributed by atoms with E-state index >= 15 is 0 Å². The molecule has 0 saturated heterocycles. The first kappa shape index (κ1) is 16.2. The molecule has 0 radical (unpaired) electrons. The molecule has 0 saturated carbocycles. The molecular formula is C16H23N5O. The Morgan fingerprint density at radius 2 is 1.77 bits per heavy atom. The number of benzene rings is 1. The van der Waals surface area contributed by atoms with Gasteiger partial charge in [-0.25, -0.2) is 0 Å². The SMILES string of the molecule is CCCN(CCC)Cc1ccc(-c2n[nH]nc2C(N)=O)cc1. The van der Waals surface area contributed by atoms with Crippen molar-refractivity contribution in [3.63, 3.8) is 0 Å². The van der Waals surface area contributed by atoms with Crippen molar-refractivity contribution in [2.24, 2.45) is 5.73 Å². The normalized spacial score (nSPS) is 11.0. The number of nitrogens with one attached hydrogen (secondary N) is 1. The minimum atomic E-state index is -0.579. The number of H-pyrrole nitrogens is 1. The Balaban J connectivity index is 2.12. The van der Waals surface area contributed by atoms with Crippen LogP contribution < -0.4 is 5.73 Å². The van der Waals surface area contributed by atoms with Crippen molar-refractivity contribution in [1.29, 1.82) is 0 Å². The van der Waals surface area contributed by atoms with Crippen LogP contribution in [0.25, 0.3) is 11.3 Å². The van der Waals surface area contributed by atoms with Crippen molar-refractivity contribution in [2.45, 2.75) is 33.2 Å². The molecule has 0 bridgehead atoms. The molecule has 0 spiro atoms. The third kappa shape index (κ3) is 3.92. The zero-order valence-electron chi connectivity index (χ0n) is 13.2. The zero-order chi connectivity index (χ0) is 15.9. The van der Waals surface area contributed by atoms with Crippen molar-refractivity contribution in [1.82, 2.24) is 20.3 Å². The summed E-state index contributed by atoms with van der Waals surface area (Å²) in [7, 11) is 0. The van der Waals surface area contributed by atoms with Crippen LogP contribution in [0.4, 0.5) is 0 Å². The molecule has 0 aliphatic heterocycles. The fourth-order valence-corrected chi connectivity index (χ4v) is 2.53. The predicted octanol–water partition coefficient (Wildman–Crippen LogP) is 2.19. The molecule has 2 rings (SSSR count). The van der Waals surface area contributed by atoms with Crippen LogP contribution in [0, 0.1) is 0 Å². The van der Waals surface area contributed by atoms with Crippen molar-refractivity contribution in [3.05, 3.63) is 35.5 Å². The fraction of sp³-hybridized carbons (Fsp3) is 0.438. The van der Waals surface area contributed by atoms with Gasteiger partial charge < -0.3 is 5.73 Å². The summed E-state index contributed by atoms with van der Waals surface area (Å²) in [5.41, 5.74) is 8.04. The zero-order valence-corrected chi connectivity index (χ0v) is 13.2. The quantitative estimate of drug-likeness (QED) is 0.782. The molecule has 0 aliphatic carbocycles. The number of rotatable bonds is 8. The second-order valence-electron chi connectivity index (χ2n) is 5.36. The van der Waals surface area contributed by atoms with Gasteiger partial charge in [0, 0.05) is 12.1 Å². The van der Waals surface area contributed by atoms with Crippen molar-refractivity contribution in [3.8, 4) is 11.3 Å². The lowest BCUT2D eigenvalue weighted by atomic mass is 10.1. The van der Waals surface area contributed by atoms with E-state index in [0.717, 1.165) is 38.0 Å². The molecular weight excluding hydrogens is 278 g/mol. The molecule has 0 unspecified atom stereocenters. The number of aromatic nitrogens is 3.